The maximum absolute atomic E-state index is 12.4. The fraction of sp³-hybridized carbons (Fsp3) is 0.222. The van der Waals surface area contributed by atoms with Crippen LogP contribution in [0.3, 0.4) is 0 Å². The summed E-state index contributed by atoms with van der Waals surface area (Å²) in [5.41, 5.74) is 1.47. The van der Waals surface area contributed by atoms with Crippen LogP contribution in [0.5, 0.6) is 0 Å². The van der Waals surface area contributed by atoms with E-state index in [2.05, 4.69) is 5.32 Å². The lowest BCUT2D eigenvalue weighted by Crippen LogP contribution is -2.37. The number of fused-ring (bicyclic) bond motifs is 1. The molecular formula is C18H16N2O5S. The van der Waals surface area contributed by atoms with Gasteiger partial charge in [0, 0.05) is 19.2 Å². The Balaban J connectivity index is 1.62. The molecule has 1 saturated heterocycles. The highest BCUT2D eigenvalue weighted by atomic mass is 32.2. The van der Waals surface area contributed by atoms with Crippen molar-refractivity contribution in [3.63, 3.8) is 0 Å². The minimum atomic E-state index is -0.430. The molecule has 1 N–H and O–H groups in total. The van der Waals surface area contributed by atoms with Gasteiger partial charge in [0.2, 0.25) is 11.8 Å². The van der Waals surface area contributed by atoms with E-state index < -0.39 is 5.91 Å². The zero-order valence-corrected chi connectivity index (χ0v) is 14.8. The van der Waals surface area contributed by atoms with Crippen molar-refractivity contribution in [1.29, 1.82) is 0 Å². The molecule has 1 aromatic heterocycles. The summed E-state index contributed by atoms with van der Waals surface area (Å²) in [6.45, 7) is 2.15. The van der Waals surface area contributed by atoms with Crippen molar-refractivity contribution in [2.24, 2.45) is 0 Å². The molecule has 0 radical (unpaired) electrons. The molecule has 0 aliphatic carbocycles. The summed E-state index contributed by atoms with van der Waals surface area (Å²) in [7, 11) is 0. The van der Waals surface area contributed by atoms with E-state index in [1.54, 1.807) is 12.1 Å². The highest BCUT2D eigenvalue weighted by molar-refractivity contribution is 8.14. The van der Waals surface area contributed by atoms with Crippen LogP contribution in [-0.2, 0) is 9.59 Å². The van der Waals surface area contributed by atoms with Gasteiger partial charge < -0.3 is 9.73 Å². The number of aryl methyl sites for hydroxylation is 1. The third-order valence-electron chi connectivity index (χ3n) is 3.84. The lowest BCUT2D eigenvalue weighted by molar-refractivity contribution is -0.125. The first-order valence-corrected chi connectivity index (χ1v) is 8.89. The van der Waals surface area contributed by atoms with Crippen LogP contribution < -0.4 is 10.7 Å². The minimum absolute atomic E-state index is 0.127. The molecule has 3 amide bonds. The largest absolute Gasteiger partial charge is 0.463 e. The van der Waals surface area contributed by atoms with Gasteiger partial charge in [-0.1, -0.05) is 23.4 Å². The van der Waals surface area contributed by atoms with Gasteiger partial charge in [0.1, 0.15) is 11.8 Å². The van der Waals surface area contributed by atoms with E-state index in [1.165, 1.54) is 18.4 Å². The molecule has 1 aliphatic rings. The number of nitrogens with zero attached hydrogens (tertiary/aromatic N) is 1. The van der Waals surface area contributed by atoms with Crippen molar-refractivity contribution in [3.05, 3.63) is 51.9 Å². The van der Waals surface area contributed by atoms with E-state index >= 15 is 0 Å². The fourth-order valence-corrected chi connectivity index (χ4v) is 3.24. The molecule has 1 aromatic carbocycles. The van der Waals surface area contributed by atoms with Crippen LogP contribution in [-0.4, -0.2) is 40.8 Å². The van der Waals surface area contributed by atoms with Crippen molar-refractivity contribution in [2.75, 3.05) is 18.8 Å². The van der Waals surface area contributed by atoms with Gasteiger partial charge in [0.25, 0.3) is 5.24 Å². The van der Waals surface area contributed by atoms with Crippen molar-refractivity contribution < 1.29 is 18.8 Å². The summed E-state index contributed by atoms with van der Waals surface area (Å²) in [6.07, 6.45) is 3.91. The summed E-state index contributed by atoms with van der Waals surface area (Å²) in [4.78, 5) is 48.3. The molecule has 26 heavy (non-hydrogen) atoms. The minimum Gasteiger partial charge on any atom is -0.463 e. The Morgan fingerprint density at radius 1 is 1.35 bits per heavy atom. The predicted octanol–water partition coefficient (Wildman–Crippen LogP) is 1.93. The summed E-state index contributed by atoms with van der Waals surface area (Å²) in [6, 6.07) is 5.31. The summed E-state index contributed by atoms with van der Waals surface area (Å²) in [5.74, 6) is -0.543. The molecule has 3 rings (SSSR count). The van der Waals surface area contributed by atoms with Crippen molar-refractivity contribution >= 4 is 45.9 Å². The maximum Gasteiger partial charge on any atom is 0.288 e. The molecular weight excluding hydrogens is 356 g/mol. The van der Waals surface area contributed by atoms with Crippen LogP contribution in [0.15, 0.2) is 39.7 Å². The Morgan fingerprint density at radius 2 is 2.15 bits per heavy atom. The monoisotopic (exact) mass is 372 g/mol. The number of benzene rings is 1. The van der Waals surface area contributed by atoms with Crippen LogP contribution in [0.25, 0.3) is 17.0 Å². The van der Waals surface area contributed by atoms with Gasteiger partial charge in [-0.3, -0.25) is 24.1 Å². The van der Waals surface area contributed by atoms with Crippen LogP contribution in [0.1, 0.15) is 11.1 Å². The quantitative estimate of drug-likeness (QED) is 0.806. The van der Waals surface area contributed by atoms with E-state index in [1.807, 2.05) is 13.0 Å². The number of carbonyl (C=O) groups excluding carboxylic acids is 3. The molecule has 0 spiro atoms. The first kappa shape index (κ1) is 17.9. The van der Waals surface area contributed by atoms with E-state index in [9.17, 15) is 19.2 Å². The van der Waals surface area contributed by atoms with Gasteiger partial charge in [0.15, 0.2) is 5.43 Å². The normalized spacial score (nSPS) is 14.6. The second-order valence-corrected chi connectivity index (χ2v) is 6.67. The Kier molecular flexibility index (Phi) is 5.22. The van der Waals surface area contributed by atoms with Gasteiger partial charge in [0.05, 0.1) is 16.7 Å². The Bertz CT molecular complexity index is 963. The molecule has 7 nitrogen and oxygen atoms in total. The molecule has 1 fully saturated rings. The SMILES string of the molecule is Cc1ccc2occ(/C=C/C(=O)NCCN3C(=O)CSC3=O)c(=O)c2c1. The molecule has 2 aromatic rings. The van der Waals surface area contributed by atoms with Crippen molar-refractivity contribution in [2.45, 2.75) is 6.92 Å². The van der Waals surface area contributed by atoms with Crippen LogP contribution in [0.4, 0.5) is 4.79 Å². The summed E-state index contributed by atoms with van der Waals surface area (Å²) in [5, 5.41) is 2.73. The Hall–Kier alpha value is -2.87. The first-order chi connectivity index (χ1) is 12.5. The highest BCUT2D eigenvalue weighted by Gasteiger charge is 2.29. The number of nitrogens with one attached hydrogen (secondary N) is 1. The third kappa shape index (κ3) is 3.85. The van der Waals surface area contributed by atoms with E-state index in [0.29, 0.717) is 11.0 Å². The predicted molar refractivity (Wildman–Crippen MR) is 98.8 cm³/mol. The van der Waals surface area contributed by atoms with Gasteiger partial charge in [-0.2, -0.15) is 0 Å². The average Bonchev–Trinajstić information content (AvgIpc) is 2.93. The second kappa shape index (κ2) is 7.57. The first-order valence-electron chi connectivity index (χ1n) is 7.91. The molecule has 8 heteroatoms. The number of hydrogen-bond donors (Lipinski definition) is 1. The van der Waals surface area contributed by atoms with Crippen molar-refractivity contribution in [1.82, 2.24) is 10.2 Å². The second-order valence-electron chi connectivity index (χ2n) is 5.74. The molecule has 0 unspecified atom stereocenters. The number of rotatable bonds is 5. The molecule has 0 saturated carbocycles. The molecule has 0 atom stereocenters. The van der Waals surface area contributed by atoms with Crippen LogP contribution in [0, 0.1) is 6.92 Å². The fourth-order valence-electron chi connectivity index (χ4n) is 2.49. The topological polar surface area (TPSA) is 96.7 Å². The zero-order chi connectivity index (χ0) is 18.7. The van der Waals surface area contributed by atoms with Crippen LogP contribution in [0.2, 0.25) is 0 Å². The number of imide groups is 1. The summed E-state index contributed by atoms with van der Waals surface area (Å²) < 4.78 is 5.42. The number of amides is 3. The lowest BCUT2D eigenvalue weighted by Gasteiger charge is -2.12. The van der Waals surface area contributed by atoms with E-state index in [0.717, 1.165) is 22.2 Å². The maximum atomic E-state index is 12.4. The average molecular weight is 372 g/mol. The molecule has 0 bridgehead atoms. The zero-order valence-electron chi connectivity index (χ0n) is 14.0. The lowest BCUT2D eigenvalue weighted by atomic mass is 10.1. The molecule has 2 heterocycles. The highest BCUT2D eigenvalue weighted by Crippen LogP contribution is 2.17. The van der Waals surface area contributed by atoms with Crippen molar-refractivity contribution in [3.8, 4) is 0 Å². The Labute approximate surface area is 153 Å². The molecule has 1 aliphatic heterocycles. The van der Waals surface area contributed by atoms with E-state index in [-0.39, 0.29) is 41.0 Å². The number of hydrogen-bond acceptors (Lipinski definition) is 6. The third-order valence-corrected chi connectivity index (χ3v) is 4.70. The van der Waals surface area contributed by atoms with E-state index in [4.69, 9.17) is 4.42 Å². The van der Waals surface area contributed by atoms with Gasteiger partial charge >= 0.3 is 0 Å². The van der Waals surface area contributed by atoms with Gasteiger partial charge in [-0.25, -0.2) is 0 Å². The standard InChI is InChI=1S/C18H16N2O5S/c1-11-2-4-14-13(8-11)17(23)12(9-25-14)3-5-15(21)19-6-7-20-16(22)10-26-18(20)24/h2-5,8-9H,6-7,10H2,1H3,(H,19,21)/b5-3+. The number of carbonyl (C=O) groups is 3. The summed E-state index contributed by atoms with van der Waals surface area (Å²) >= 11 is 0.949. The smallest absolute Gasteiger partial charge is 0.288 e. The van der Waals surface area contributed by atoms with Gasteiger partial charge in [-0.05, 0) is 25.1 Å². The van der Waals surface area contributed by atoms with Crippen LogP contribution >= 0.6 is 11.8 Å². The number of thioether (sulfide) groups is 1. The Morgan fingerprint density at radius 3 is 2.88 bits per heavy atom. The molecule has 134 valence electrons. The van der Waals surface area contributed by atoms with Gasteiger partial charge in [-0.15, -0.1) is 0 Å².